The Hall–Kier alpha value is -3.97. The van der Waals surface area contributed by atoms with Crippen LogP contribution in [0.5, 0.6) is 0 Å². The lowest BCUT2D eigenvalue weighted by molar-refractivity contribution is 0.0990. The van der Waals surface area contributed by atoms with Gasteiger partial charge in [0.2, 0.25) is 0 Å². The Kier molecular flexibility index (Phi) is 3.97. The number of benzene rings is 3. The lowest BCUT2D eigenvalue weighted by Crippen LogP contribution is -2.00. The van der Waals surface area contributed by atoms with Crippen molar-refractivity contribution in [2.75, 3.05) is 0 Å². The summed E-state index contributed by atoms with van der Waals surface area (Å²) in [7, 11) is 1.83. The molecule has 0 radical (unpaired) electrons. The van der Waals surface area contributed by atoms with Gasteiger partial charge in [0.25, 0.3) is 0 Å². The summed E-state index contributed by atoms with van der Waals surface area (Å²) in [4.78, 5) is 35.8. The van der Waals surface area contributed by atoms with Gasteiger partial charge in [-0.25, -0.2) is 14.4 Å². The molecule has 5 aromatic rings. The van der Waals surface area contributed by atoms with Gasteiger partial charge in [0, 0.05) is 23.7 Å². The number of allylic oxidation sites excluding steroid dienone is 1. The maximum Gasteiger partial charge on any atom is 0.197 e. The molecular formula is C25H14FN3O2S. The van der Waals surface area contributed by atoms with Crippen LogP contribution in [0, 0.1) is 5.82 Å². The van der Waals surface area contributed by atoms with Crippen LogP contribution < -0.4 is 0 Å². The third-order valence-corrected chi connectivity index (χ3v) is 6.57. The number of ketones is 2. The largest absolute Gasteiger partial charge is 0.311 e. The third-order valence-electron chi connectivity index (χ3n) is 5.69. The molecule has 2 heterocycles. The Morgan fingerprint density at radius 1 is 0.906 bits per heavy atom. The second-order valence-corrected chi connectivity index (χ2v) is 8.65. The van der Waals surface area contributed by atoms with E-state index in [1.54, 1.807) is 30.3 Å². The first-order chi connectivity index (χ1) is 15.5. The van der Waals surface area contributed by atoms with Crippen molar-refractivity contribution in [3.63, 3.8) is 0 Å². The van der Waals surface area contributed by atoms with E-state index in [4.69, 9.17) is 0 Å². The molecule has 1 aliphatic carbocycles. The van der Waals surface area contributed by atoms with Crippen molar-refractivity contribution in [1.82, 2.24) is 14.5 Å². The molecule has 7 heteroatoms. The zero-order valence-electron chi connectivity index (χ0n) is 16.8. The summed E-state index contributed by atoms with van der Waals surface area (Å²) in [6, 6.07) is 17.3. The minimum Gasteiger partial charge on any atom is -0.311 e. The molecule has 0 atom stereocenters. The average molecular weight is 439 g/mol. The number of carbonyl (C=O) groups excluding carboxylic acids is 2. The highest BCUT2D eigenvalue weighted by Gasteiger charge is 2.33. The summed E-state index contributed by atoms with van der Waals surface area (Å²) < 4.78 is 15.1. The van der Waals surface area contributed by atoms with Gasteiger partial charge >= 0.3 is 0 Å². The van der Waals surface area contributed by atoms with E-state index in [-0.39, 0.29) is 23.0 Å². The molecule has 0 N–H and O–H groups in total. The van der Waals surface area contributed by atoms with Gasteiger partial charge in [-0.1, -0.05) is 35.6 Å². The molecule has 0 unspecified atom stereocenters. The van der Waals surface area contributed by atoms with Crippen molar-refractivity contribution in [1.29, 1.82) is 0 Å². The SMILES string of the molecule is Cn1c(-c2ccc(F)cc2)nc2sc(C=C3C(=O)c4cc5ccccc5cc4C3=O)nc21. The minimum absolute atomic E-state index is 0.119. The van der Waals surface area contributed by atoms with Crippen LogP contribution in [0.25, 0.3) is 38.7 Å². The van der Waals surface area contributed by atoms with Crippen LogP contribution in [0.2, 0.25) is 0 Å². The van der Waals surface area contributed by atoms with Gasteiger partial charge in [0.1, 0.15) is 16.6 Å². The fraction of sp³-hybridized carbons (Fsp3) is 0.0400. The highest BCUT2D eigenvalue weighted by Crippen LogP contribution is 2.33. The number of aryl methyl sites for hydroxylation is 1. The molecule has 0 saturated carbocycles. The van der Waals surface area contributed by atoms with Crippen molar-refractivity contribution >= 4 is 50.2 Å². The van der Waals surface area contributed by atoms with Gasteiger partial charge in [-0.15, -0.1) is 0 Å². The van der Waals surface area contributed by atoms with Crippen LogP contribution in [0.4, 0.5) is 4.39 Å². The van der Waals surface area contributed by atoms with E-state index in [9.17, 15) is 14.0 Å². The quantitative estimate of drug-likeness (QED) is 0.271. The Labute approximate surface area is 185 Å². The smallest absolute Gasteiger partial charge is 0.197 e. The second kappa shape index (κ2) is 6.77. The molecular weight excluding hydrogens is 425 g/mol. The first kappa shape index (κ1) is 18.8. The van der Waals surface area contributed by atoms with Gasteiger partial charge in [-0.3, -0.25) is 9.59 Å². The molecule has 154 valence electrons. The number of fused-ring (bicyclic) bond motifs is 3. The number of nitrogens with zero attached hydrogens (tertiary/aromatic N) is 3. The number of carbonyl (C=O) groups is 2. The Morgan fingerprint density at radius 3 is 2.12 bits per heavy atom. The van der Waals surface area contributed by atoms with Gasteiger partial charge in [-0.2, -0.15) is 0 Å². The zero-order chi connectivity index (χ0) is 22.0. The Bertz CT molecular complexity index is 1570. The summed E-state index contributed by atoms with van der Waals surface area (Å²) in [6.07, 6.45) is 1.55. The number of aromatic nitrogens is 3. The molecule has 1 aliphatic rings. The fourth-order valence-electron chi connectivity index (χ4n) is 4.07. The van der Waals surface area contributed by atoms with Crippen molar-refractivity contribution in [2.24, 2.45) is 7.05 Å². The maximum absolute atomic E-state index is 13.2. The number of rotatable bonds is 2. The van der Waals surface area contributed by atoms with Gasteiger partial charge in [0.15, 0.2) is 22.0 Å². The van der Waals surface area contributed by atoms with Crippen molar-refractivity contribution in [3.05, 3.63) is 88.2 Å². The van der Waals surface area contributed by atoms with Gasteiger partial charge in [0.05, 0.1) is 5.57 Å². The van der Waals surface area contributed by atoms with E-state index in [0.29, 0.717) is 32.4 Å². The predicted molar refractivity (Wildman–Crippen MR) is 122 cm³/mol. The van der Waals surface area contributed by atoms with Crippen LogP contribution in [-0.4, -0.2) is 26.1 Å². The molecule has 5 nitrogen and oxygen atoms in total. The van der Waals surface area contributed by atoms with Crippen LogP contribution in [-0.2, 0) is 7.05 Å². The number of hydrogen-bond donors (Lipinski definition) is 0. The molecule has 0 spiro atoms. The topological polar surface area (TPSA) is 64.8 Å². The molecule has 0 saturated heterocycles. The molecule has 6 rings (SSSR count). The molecule has 32 heavy (non-hydrogen) atoms. The number of thiazole rings is 1. The van der Waals surface area contributed by atoms with Gasteiger partial charge in [-0.05, 0) is 53.2 Å². The molecule has 3 aromatic carbocycles. The van der Waals surface area contributed by atoms with Crippen molar-refractivity contribution < 1.29 is 14.0 Å². The highest BCUT2D eigenvalue weighted by atomic mass is 32.1. The molecule has 0 bridgehead atoms. The monoisotopic (exact) mass is 439 g/mol. The average Bonchev–Trinajstić information content (AvgIpc) is 3.41. The summed E-state index contributed by atoms with van der Waals surface area (Å²) in [5.74, 6) is -0.202. The summed E-state index contributed by atoms with van der Waals surface area (Å²) in [5, 5.41) is 2.38. The van der Waals surface area contributed by atoms with E-state index < -0.39 is 0 Å². The van der Waals surface area contributed by atoms with Crippen LogP contribution >= 0.6 is 11.3 Å². The lowest BCUT2D eigenvalue weighted by atomic mass is 10.0. The Morgan fingerprint density at radius 2 is 1.53 bits per heavy atom. The van der Waals surface area contributed by atoms with E-state index in [1.807, 2.05) is 35.9 Å². The predicted octanol–water partition coefficient (Wildman–Crippen LogP) is 5.45. The fourth-order valence-corrected chi connectivity index (χ4v) is 4.98. The first-order valence-electron chi connectivity index (χ1n) is 9.93. The van der Waals surface area contributed by atoms with Crippen molar-refractivity contribution in [2.45, 2.75) is 0 Å². The van der Waals surface area contributed by atoms with Crippen LogP contribution in [0.3, 0.4) is 0 Å². The normalized spacial score (nSPS) is 13.4. The maximum atomic E-state index is 13.2. The lowest BCUT2D eigenvalue weighted by Gasteiger charge is -2.01. The second-order valence-electron chi connectivity index (χ2n) is 7.64. The molecule has 2 aromatic heterocycles. The van der Waals surface area contributed by atoms with Crippen LogP contribution in [0.15, 0.2) is 66.2 Å². The Balaban J connectivity index is 1.40. The highest BCUT2D eigenvalue weighted by molar-refractivity contribution is 7.19. The number of Topliss-reactive ketones (excluding diaryl/α,β-unsaturated/α-hetero) is 2. The molecule has 0 fully saturated rings. The van der Waals surface area contributed by atoms with Gasteiger partial charge < -0.3 is 4.57 Å². The van der Waals surface area contributed by atoms with E-state index >= 15 is 0 Å². The molecule has 0 aliphatic heterocycles. The number of halogens is 1. The van der Waals surface area contributed by atoms with E-state index in [2.05, 4.69) is 9.97 Å². The molecule has 0 amide bonds. The first-order valence-corrected chi connectivity index (χ1v) is 10.7. The summed E-state index contributed by atoms with van der Waals surface area (Å²) in [6.45, 7) is 0. The van der Waals surface area contributed by atoms with E-state index in [1.165, 1.54) is 23.5 Å². The number of hydrogen-bond acceptors (Lipinski definition) is 5. The minimum atomic E-state index is -0.309. The number of imidazole rings is 1. The van der Waals surface area contributed by atoms with Crippen molar-refractivity contribution in [3.8, 4) is 11.4 Å². The summed E-state index contributed by atoms with van der Waals surface area (Å²) in [5.41, 5.74) is 2.40. The third kappa shape index (κ3) is 2.75. The summed E-state index contributed by atoms with van der Waals surface area (Å²) >= 11 is 1.30. The van der Waals surface area contributed by atoms with Crippen LogP contribution in [0.1, 0.15) is 25.7 Å². The standard InChI is InChI=1S/C25H14FN3O2S/c1-29-23(13-6-8-16(26)9-7-13)28-25-24(29)27-20(32-25)12-19-21(30)17-10-14-4-2-3-5-15(14)11-18(17)22(19)31/h2-12H,1H3. The zero-order valence-corrected chi connectivity index (χ0v) is 17.6. The van der Waals surface area contributed by atoms with E-state index in [0.717, 1.165) is 16.3 Å².